The van der Waals surface area contributed by atoms with Gasteiger partial charge in [-0.2, -0.15) is 0 Å². The van der Waals surface area contributed by atoms with Crippen LogP contribution in [0.5, 0.6) is 0 Å². The van der Waals surface area contributed by atoms with Gasteiger partial charge < -0.3 is 10.6 Å². The van der Waals surface area contributed by atoms with Crippen molar-refractivity contribution in [3.63, 3.8) is 0 Å². The molecule has 1 rings (SSSR count). The van der Waals surface area contributed by atoms with Gasteiger partial charge in [-0.25, -0.2) is 0 Å². The minimum Gasteiger partial charge on any atom is -0.383 e. The van der Waals surface area contributed by atoms with Crippen LogP contribution in [0.4, 0.5) is 5.69 Å². The maximum absolute atomic E-state index is 11.9. The van der Waals surface area contributed by atoms with Gasteiger partial charge in [0, 0.05) is 23.3 Å². The lowest BCUT2D eigenvalue weighted by molar-refractivity contribution is 0.0943. The van der Waals surface area contributed by atoms with Gasteiger partial charge in [0.05, 0.1) is 0 Å². The molecule has 0 aromatic heterocycles. The molecule has 0 saturated carbocycles. The van der Waals surface area contributed by atoms with Gasteiger partial charge in [-0.05, 0) is 51.3 Å². The third kappa shape index (κ3) is 5.77. The summed E-state index contributed by atoms with van der Waals surface area (Å²) in [6.45, 7) is 10.5. The zero-order chi connectivity index (χ0) is 14.4. The lowest BCUT2D eigenvalue weighted by atomic mass is 10.0. The van der Waals surface area contributed by atoms with Crippen molar-refractivity contribution in [3.8, 4) is 0 Å². The van der Waals surface area contributed by atoms with Gasteiger partial charge in [0.2, 0.25) is 0 Å². The van der Waals surface area contributed by atoms with E-state index in [0.717, 1.165) is 12.1 Å². The monoisotopic (exact) mass is 262 g/mol. The molecular weight excluding hydrogens is 236 g/mol. The summed E-state index contributed by atoms with van der Waals surface area (Å²) in [6, 6.07) is 8.24. The van der Waals surface area contributed by atoms with Gasteiger partial charge in [0.25, 0.3) is 5.91 Å². The molecule has 0 spiro atoms. The van der Waals surface area contributed by atoms with Crippen LogP contribution in [0.25, 0.3) is 0 Å². The van der Waals surface area contributed by atoms with E-state index in [2.05, 4.69) is 31.4 Å². The maximum Gasteiger partial charge on any atom is 0.251 e. The molecule has 0 aliphatic carbocycles. The maximum atomic E-state index is 11.9. The van der Waals surface area contributed by atoms with Crippen LogP contribution in [0, 0.1) is 5.92 Å². The van der Waals surface area contributed by atoms with Crippen molar-refractivity contribution in [1.29, 1.82) is 0 Å². The van der Waals surface area contributed by atoms with Crippen LogP contribution < -0.4 is 10.6 Å². The molecule has 1 atom stereocenters. The van der Waals surface area contributed by atoms with Crippen molar-refractivity contribution in [2.24, 2.45) is 5.92 Å². The molecule has 1 unspecified atom stereocenters. The molecule has 0 bridgehead atoms. The van der Waals surface area contributed by atoms with Crippen molar-refractivity contribution in [2.75, 3.05) is 5.32 Å². The third-order valence-electron chi connectivity index (χ3n) is 2.78. The molecule has 2 N–H and O–H groups in total. The van der Waals surface area contributed by atoms with Crippen LogP contribution in [-0.4, -0.2) is 18.0 Å². The fourth-order valence-electron chi connectivity index (χ4n) is 2.15. The minimum atomic E-state index is -0.0184. The smallest absolute Gasteiger partial charge is 0.251 e. The Hall–Kier alpha value is -1.51. The quantitative estimate of drug-likeness (QED) is 0.821. The van der Waals surface area contributed by atoms with E-state index in [-0.39, 0.29) is 11.9 Å². The molecule has 3 nitrogen and oxygen atoms in total. The van der Waals surface area contributed by atoms with Crippen LogP contribution in [-0.2, 0) is 0 Å². The van der Waals surface area contributed by atoms with Crippen LogP contribution in [0.15, 0.2) is 24.3 Å². The summed E-state index contributed by atoms with van der Waals surface area (Å²) in [5.74, 6) is 0.644. The second kappa shape index (κ2) is 7.17. The van der Waals surface area contributed by atoms with E-state index >= 15 is 0 Å². The summed E-state index contributed by atoms with van der Waals surface area (Å²) in [4.78, 5) is 11.9. The number of amides is 1. The lowest BCUT2D eigenvalue weighted by Gasteiger charge is -2.18. The largest absolute Gasteiger partial charge is 0.383 e. The SMILES string of the molecule is CC(C)CC(C)Nc1cccc(C(=O)NC(C)C)c1. The van der Waals surface area contributed by atoms with E-state index in [1.54, 1.807) is 0 Å². The summed E-state index contributed by atoms with van der Waals surface area (Å²) in [5.41, 5.74) is 1.71. The topological polar surface area (TPSA) is 41.1 Å². The molecule has 1 aromatic carbocycles. The van der Waals surface area contributed by atoms with Crippen LogP contribution in [0.2, 0.25) is 0 Å². The molecule has 0 heterocycles. The Morgan fingerprint density at radius 1 is 1.16 bits per heavy atom. The Bertz CT molecular complexity index is 413. The minimum absolute atomic E-state index is 0.0184. The fraction of sp³-hybridized carbons (Fsp3) is 0.562. The first-order chi connectivity index (χ1) is 8.88. The van der Waals surface area contributed by atoms with E-state index in [4.69, 9.17) is 0 Å². The van der Waals surface area contributed by atoms with Crippen molar-refractivity contribution in [1.82, 2.24) is 5.32 Å². The molecule has 0 fully saturated rings. The van der Waals surface area contributed by atoms with Crippen molar-refractivity contribution in [2.45, 2.75) is 53.1 Å². The molecule has 106 valence electrons. The Morgan fingerprint density at radius 2 is 1.84 bits per heavy atom. The molecule has 0 radical (unpaired) electrons. The van der Waals surface area contributed by atoms with Gasteiger partial charge in [-0.1, -0.05) is 19.9 Å². The summed E-state index contributed by atoms with van der Waals surface area (Å²) in [6.07, 6.45) is 1.11. The van der Waals surface area contributed by atoms with Crippen molar-refractivity contribution < 1.29 is 4.79 Å². The highest BCUT2D eigenvalue weighted by Crippen LogP contribution is 2.15. The zero-order valence-electron chi connectivity index (χ0n) is 12.7. The number of carbonyl (C=O) groups is 1. The summed E-state index contributed by atoms with van der Waals surface area (Å²) >= 11 is 0. The Labute approximate surface area is 116 Å². The number of nitrogens with one attached hydrogen (secondary N) is 2. The fourth-order valence-corrected chi connectivity index (χ4v) is 2.15. The predicted molar refractivity (Wildman–Crippen MR) is 81.6 cm³/mol. The summed E-state index contributed by atoms with van der Waals surface area (Å²) < 4.78 is 0. The first-order valence-corrected chi connectivity index (χ1v) is 7.06. The molecular formula is C16H26N2O. The van der Waals surface area contributed by atoms with E-state index in [0.29, 0.717) is 17.5 Å². The van der Waals surface area contributed by atoms with Crippen LogP contribution in [0.3, 0.4) is 0 Å². The highest BCUT2D eigenvalue weighted by molar-refractivity contribution is 5.95. The van der Waals surface area contributed by atoms with Crippen molar-refractivity contribution >= 4 is 11.6 Å². The Kier molecular flexibility index (Phi) is 5.87. The highest BCUT2D eigenvalue weighted by Gasteiger charge is 2.09. The first-order valence-electron chi connectivity index (χ1n) is 7.06. The van der Waals surface area contributed by atoms with Crippen LogP contribution >= 0.6 is 0 Å². The number of anilines is 1. The summed E-state index contributed by atoms with van der Waals surface area (Å²) in [7, 11) is 0. The van der Waals surface area contributed by atoms with Gasteiger partial charge in [0.1, 0.15) is 0 Å². The number of hydrogen-bond donors (Lipinski definition) is 2. The summed E-state index contributed by atoms with van der Waals surface area (Å²) in [5, 5.41) is 6.35. The molecule has 3 heteroatoms. The molecule has 1 aromatic rings. The molecule has 1 amide bonds. The molecule has 0 aliphatic rings. The van der Waals surface area contributed by atoms with Gasteiger partial charge in [0.15, 0.2) is 0 Å². The number of benzene rings is 1. The average molecular weight is 262 g/mol. The van der Waals surface area contributed by atoms with Gasteiger partial charge in [-0.3, -0.25) is 4.79 Å². The van der Waals surface area contributed by atoms with Gasteiger partial charge >= 0.3 is 0 Å². The van der Waals surface area contributed by atoms with Gasteiger partial charge in [-0.15, -0.1) is 0 Å². The van der Waals surface area contributed by atoms with Crippen molar-refractivity contribution in [3.05, 3.63) is 29.8 Å². The molecule has 0 aliphatic heterocycles. The number of rotatable bonds is 6. The zero-order valence-corrected chi connectivity index (χ0v) is 12.7. The normalized spacial score (nSPS) is 12.6. The van der Waals surface area contributed by atoms with E-state index in [9.17, 15) is 4.79 Å². The molecule has 0 saturated heterocycles. The van der Waals surface area contributed by atoms with Crippen LogP contribution in [0.1, 0.15) is 51.4 Å². The second-order valence-corrected chi connectivity index (χ2v) is 5.88. The Balaban J connectivity index is 2.69. The average Bonchev–Trinajstić information content (AvgIpc) is 2.27. The second-order valence-electron chi connectivity index (χ2n) is 5.88. The highest BCUT2D eigenvalue weighted by atomic mass is 16.1. The standard InChI is InChI=1S/C16H26N2O/c1-11(2)9-13(5)18-15-8-6-7-14(10-15)16(19)17-12(3)4/h6-8,10-13,18H,9H2,1-5H3,(H,17,19). The number of hydrogen-bond acceptors (Lipinski definition) is 2. The van der Waals surface area contributed by atoms with E-state index in [1.807, 2.05) is 38.1 Å². The number of carbonyl (C=O) groups excluding carboxylic acids is 1. The first kappa shape index (κ1) is 15.5. The Morgan fingerprint density at radius 3 is 2.42 bits per heavy atom. The predicted octanol–water partition coefficient (Wildman–Crippen LogP) is 3.67. The lowest BCUT2D eigenvalue weighted by Crippen LogP contribution is -2.30. The third-order valence-corrected chi connectivity index (χ3v) is 2.78. The van der Waals surface area contributed by atoms with E-state index in [1.165, 1.54) is 0 Å². The van der Waals surface area contributed by atoms with E-state index < -0.39 is 0 Å². The molecule has 19 heavy (non-hydrogen) atoms.